The molecule has 2 aromatic rings. The van der Waals surface area contributed by atoms with Gasteiger partial charge in [-0.1, -0.05) is 36.4 Å². The number of aromatic nitrogens is 2. The molecule has 5 heteroatoms. The number of hydrogen-bond acceptors (Lipinski definition) is 3. The zero-order valence-corrected chi connectivity index (χ0v) is 10.2. The first-order chi connectivity index (χ1) is 9.12. The van der Waals surface area contributed by atoms with Gasteiger partial charge in [0.05, 0.1) is 10.9 Å². The lowest BCUT2D eigenvalue weighted by Gasteiger charge is -2.24. The monoisotopic (exact) mass is 255 g/mol. The van der Waals surface area contributed by atoms with Crippen molar-refractivity contribution < 1.29 is 4.79 Å². The lowest BCUT2D eigenvalue weighted by Crippen LogP contribution is -2.49. The molecule has 19 heavy (non-hydrogen) atoms. The van der Waals surface area contributed by atoms with Crippen LogP contribution >= 0.6 is 0 Å². The Morgan fingerprint density at radius 3 is 2.84 bits per heavy atom. The molecule has 1 aliphatic carbocycles. The highest BCUT2D eigenvalue weighted by Crippen LogP contribution is 2.19. The third kappa shape index (κ3) is 1.75. The third-order valence-electron chi connectivity index (χ3n) is 3.30. The molecule has 96 valence electrons. The van der Waals surface area contributed by atoms with E-state index in [4.69, 9.17) is 5.73 Å². The minimum absolute atomic E-state index is 0.289. The summed E-state index contributed by atoms with van der Waals surface area (Å²) in [6.07, 6.45) is 7.49. The number of hydrogen-bond donors (Lipinski definition) is 2. The number of nitrogens with one attached hydrogen (secondary N) is 1. The fourth-order valence-corrected chi connectivity index (χ4v) is 2.25. The van der Waals surface area contributed by atoms with Gasteiger partial charge in [0, 0.05) is 0 Å². The Bertz CT molecular complexity index is 766. The summed E-state index contributed by atoms with van der Waals surface area (Å²) >= 11 is 0. The number of benzene rings is 1. The molecule has 1 aromatic carbocycles. The number of fused-ring (bicyclic) bond motifs is 1. The van der Waals surface area contributed by atoms with Crippen molar-refractivity contribution in [3.8, 4) is 0 Å². The van der Waals surface area contributed by atoms with E-state index in [0.29, 0.717) is 17.3 Å². The van der Waals surface area contributed by atoms with Gasteiger partial charge < -0.3 is 5.73 Å². The summed E-state index contributed by atoms with van der Waals surface area (Å²) in [4.78, 5) is 24.3. The van der Waals surface area contributed by atoms with Crippen LogP contribution in [0.5, 0.6) is 0 Å². The molecule has 0 fully saturated rings. The van der Waals surface area contributed by atoms with Crippen molar-refractivity contribution in [2.75, 3.05) is 0 Å². The van der Waals surface area contributed by atoms with Crippen LogP contribution in [0, 0.1) is 0 Å². The van der Waals surface area contributed by atoms with E-state index in [9.17, 15) is 9.59 Å². The molecule has 0 bridgehead atoms. The molecule has 1 heterocycles. The molecule has 1 unspecified atom stereocenters. The lowest BCUT2D eigenvalue weighted by atomic mass is 9.91. The number of H-pyrrole nitrogens is 1. The van der Waals surface area contributed by atoms with Gasteiger partial charge in [0.25, 0.3) is 11.5 Å². The molecule has 0 amide bonds. The molecule has 0 saturated heterocycles. The van der Waals surface area contributed by atoms with Crippen LogP contribution in [-0.4, -0.2) is 21.2 Å². The van der Waals surface area contributed by atoms with E-state index in [0.717, 1.165) is 0 Å². The van der Waals surface area contributed by atoms with Gasteiger partial charge in [-0.3, -0.25) is 14.7 Å². The van der Waals surface area contributed by atoms with Crippen LogP contribution < -0.4 is 11.3 Å². The molecular weight excluding hydrogens is 242 g/mol. The van der Waals surface area contributed by atoms with E-state index < -0.39 is 5.54 Å². The fraction of sp³-hybridized carbons (Fsp3) is 0.143. The van der Waals surface area contributed by atoms with Crippen LogP contribution in [-0.2, 0) is 0 Å². The predicted octanol–water partition coefficient (Wildman–Crippen LogP) is 1.18. The third-order valence-corrected chi connectivity index (χ3v) is 3.30. The van der Waals surface area contributed by atoms with Crippen LogP contribution in [0.4, 0.5) is 0 Å². The van der Waals surface area contributed by atoms with Gasteiger partial charge in [-0.05, 0) is 18.6 Å². The zero-order chi connectivity index (χ0) is 13.5. The normalized spacial score (nSPS) is 21.9. The van der Waals surface area contributed by atoms with Crippen molar-refractivity contribution >= 4 is 16.8 Å². The minimum atomic E-state index is -1.11. The molecular formula is C14H13N3O2. The summed E-state index contributed by atoms with van der Waals surface area (Å²) in [7, 11) is 0. The lowest BCUT2D eigenvalue weighted by molar-refractivity contribution is 0.0824. The Hall–Kier alpha value is -2.40. The number of aromatic amines is 1. The Kier molecular flexibility index (Phi) is 2.50. The molecule has 1 aromatic heterocycles. The van der Waals surface area contributed by atoms with Crippen LogP contribution in [0.2, 0.25) is 0 Å². The van der Waals surface area contributed by atoms with E-state index in [1.165, 1.54) is 4.68 Å². The van der Waals surface area contributed by atoms with Gasteiger partial charge in [0.2, 0.25) is 0 Å². The average molecular weight is 255 g/mol. The van der Waals surface area contributed by atoms with Crippen molar-refractivity contribution in [1.82, 2.24) is 9.78 Å². The molecule has 0 saturated carbocycles. The van der Waals surface area contributed by atoms with E-state index in [-0.39, 0.29) is 11.5 Å². The summed E-state index contributed by atoms with van der Waals surface area (Å²) in [6, 6.07) is 6.93. The molecule has 1 atom stereocenters. The maximum atomic E-state index is 12.5. The van der Waals surface area contributed by atoms with E-state index in [1.807, 2.05) is 12.2 Å². The van der Waals surface area contributed by atoms with Gasteiger partial charge in [-0.25, -0.2) is 4.68 Å². The van der Waals surface area contributed by atoms with Gasteiger partial charge >= 0.3 is 0 Å². The Morgan fingerprint density at radius 1 is 1.32 bits per heavy atom. The molecule has 0 aliphatic heterocycles. The van der Waals surface area contributed by atoms with Gasteiger partial charge in [0.15, 0.2) is 0 Å². The maximum absolute atomic E-state index is 12.5. The fourth-order valence-electron chi connectivity index (χ4n) is 2.25. The van der Waals surface area contributed by atoms with Crippen molar-refractivity contribution in [3.63, 3.8) is 0 Å². The predicted molar refractivity (Wildman–Crippen MR) is 73.0 cm³/mol. The number of para-hydroxylation sites is 1. The second kappa shape index (κ2) is 4.07. The Labute approximate surface area is 109 Å². The standard InChI is InChI=1S/C14H13N3O2/c15-14(8-4-1-5-9-14)13(19)17-11-7-3-2-6-10(11)12(18)16-17/h1-8H,9,15H2,(H,16,18). The maximum Gasteiger partial charge on any atom is 0.272 e. The first-order valence-electron chi connectivity index (χ1n) is 6.00. The zero-order valence-electron chi connectivity index (χ0n) is 10.2. The first kappa shape index (κ1) is 11.7. The highest BCUT2D eigenvalue weighted by Gasteiger charge is 2.33. The summed E-state index contributed by atoms with van der Waals surface area (Å²) in [5, 5.41) is 3.03. The number of rotatable bonds is 1. The number of carbonyl (C=O) groups is 1. The number of carbonyl (C=O) groups excluding carboxylic acids is 1. The minimum Gasteiger partial charge on any atom is -0.314 e. The smallest absolute Gasteiger partial charge is 0.272 e. The summed E-state index contributed by atoms with van der Waals surface area (Å²) < 4.78 is 1.24. The molecule has 3 rings (SSSR count). The molecule has 5 nitrogen and oxygen atoms in total. The van der Waals surface area contributed by atoms with Gasteiger partial charge in [0.1, 0.15) is 5.54 Å². The van der Waals surface area contributed by atoms with Crippen LogP contribution in [0.25, 0.3) is 10.9 Å². The van der Waals surface area contributed by atoms with Crippen molar-refractivity contribution in [2.24, 2.45) is 5.73 Å². The van der Waals surface area contributed by atoms with Crippen LogP contribution in [0.1, 0.15) is 11.2 Å². The summed E-state index contributed by atoms with van der Waals surface area (Å²) in [6.45, 7) is 0. The first-order valence-corrected chi connectivity index (χ1v) is 6.00. The summed E-state index contributed by atoms with van der Waals surface area (Å²) in [5.74, 6) is -0.341. The summed E-state index contributed by atoms with van der Waals surface area (Å²) in [5.41, 5.74) is 5.25. The van der Waals surface area contributed by atoms with Crippen LogP contribution in [0.15, 0.2) is 53.4 Å². The number of nitrogens with zero attached hydrogens (tertiary/aromatic N) is 1. The highest BCUT2D eigenvalue weighted by molar-refractivity contribution is 5.97. The largest absolute Gasteiger partial charge is 0.314 e. The van der Waals surface area contributed by atoms with Crippen molar-refractivity contribution in [2.45, 2.75) is 12.0 Å². The Balaban J connectivity index is 2.15. The van der Waals surface area contributed by atoms with Gasteiger partial charge in [-0.2, -0.15) is 0 Å². The van der Waals surface area contributed by atoms with Crippen molar-refractivity contribution in [3.05, 3.63) is 58.9 Å². The second-order valence-electron chi connectivity index (χ2n) is 4.63. The quantitative estimate of drug-likeness (QED) is 0.803. The van der Waals surface area contributed by atoms with E-state index >= 15 is 0 Å². The van der Waals surface area contributed by atoms with Crippen LogP contribution in [0.3, 0.4) is 0 Å². The number of allylic oxidation sites excluding steroid dienone is 2. The molecule has 1 aliphatic rings. The van der Waals surface area contributed by atoms with Crippen molar-refractivity contribution in [1.29, 1.82) is 0 Å². The average Bonchev–Trinajstić information content (AvgIpc) is 2.77. The second-order valence-corrected chi connectivity index (χ2v) is 4.63. The topological polar surface area (TPSA) is 80.9 Å². The Morgan fingerprint density at radius 2 is 2.11 bits per heavy atom. The molecule has 0 radical (unpaired) electrons. The molecule has 3 N–H and O–H groups in total. The SMILES string of the molecule is NC1(C(=O)n2[nH]c(=O)c3ccccc32)C=CC=CC1. The van der Waals surface area contributed by atoms with E-state index in [1.54, 1.807) is 36.4 Å². The highest BCUT2D eigenvalue weighted by atomic mass is 16.2. The molecule has 0 spiro atoms. The van der Waals surface area contributed by atoms with E-state index in [2.05, 4.69) is 5.10 Å². The van der Waals surface area contributed by atoms with Gasteiger partial charge in [-0.15, -0.1) is 0 Å². The number of nitrogens with two attached hydrogens (primary N) is 1.